The molecule has 2 fully saturated rings. The Balaban J connectivity index is 1.84. The molecule has 2 heterocycles. The number of nitrogens with zero attached hydrogens (tertiary/aromatic N) is 4. The number of piperazine rings is 1. The van der Waals surface area contributed by atoms with Crippen molar-refractivity contribution in [2.45, 2.75) is 32.7 Å². The molecule has 5 nitrogen and oxygen atoms in total. The van der Waals surface area contributed by atoms with Crippen LogP contribution in [0.15, 0.2) is 0 Å². The van der Waals surface area contributed by atoms with Crippen molar-refractivity contribution in [3.8, 4) is 6.07 Å². The van der Waals surface area contributed by atoms with Crippen LogP contribution in [0.25, 0.3) is 0 Å². The first-order valence-electron chi connectivity index (χ1n) is 7.29. The Morgan fingerprint density at radius 3 is 2.47 bits per heavy atom. The van der Waals surface area contributed by atoms with E-state index in [9.17, 15) is 4.79 Å². The van der Waals surface area contributed by atoms with Gasteiger partial charge in [-0.25, -0.2) is 4.79 Å². The number of hydrogen-bond acceptors (Lipinski definition) is 3. The minimum Gasteiger partial charge on any atom is -0.324 e. The van der Waals surface area contributed by atoms with E-state index in [0.717, 1.165) is 45.7 Å². The van der Waals surface area contributed by atoms with E-state index < -0.39 is 0 Å². The van der Waals surface area contributed by atoms with Gasteiger partial charge in [0.05, 0.1) is 12.1 Å². The zero-order valence-corrected chi connectivity index (χ0v) is 12.0. The molecule has 2 amide bonds. The lowest BCUT2D eigenvalue weighted by Crippen LogP contribution is -2.55. The fourth-order valence-electron chi connectivity index (χ4n) is 2.95. The highest BCUT2D eigenvalue weighted by Gasteiger charge is 2.28. The molecule has 0 aromatic heterocycles. The van der Waals surface area contributed by atoms with E-state index in [2.05, 4.69) is 17.9 Å². The monoisotopic (exact) mass is 264 g/mol. The number of carbonyl (C=O) groups excluding carboxylic acids is 1. The van der Waals surface area contributed by atoms with Crippen molar-refractivity contribution in [3.05, 3.63) is 0 Å². The second-order valence-electron chi connectivity index (χ2n) is 5.80. The number of hydrogen-bond donors (Lipinski definition) is 0. The maximum absolute atomic E-state index is 12.4. The standard InChI is InChI=1S/C14H24N4O/c1-12-4-3-5-18(11-12)14(19)17-8-6-16(7-9-17)13(2)10-15/h12-13H,3-9,11H2,1-2H3. The van der Waals surface area contributed by atoms with Gasteiger partial charge in [0.2, 0.25) is 0 Å². The minimum absolute atomic E-state index is 0.0488. The summed E-state index contributed by atoms with van der Waals surface area (Å²) in [4.78, 5) is 18.5. The molecular weight excluding hydrogens is 240 g/mol. The normalized spacial score (nSPS) is 26.9. The lowest BCUT2D eigenvalue weighted by Gasteiger charge is -2.40. The van der Waals surface area contributed by atoms with Crippen LogP contribution in [0.4, 0.5) is 4.79 Å². The van der Waals surface area contributed by atoms with E-state index >= 15 is 0 Å². The second-order valence-corrected chi connectivity index (χ2v) is 5.80. The predicted octanol–water partition coefficient (Wildman–Crippen LogP) is 1.37. The van der Waals surface area contributed by atoms with Crippen molar-refractivity contribution in [3.63, 3.8) is 0 Å². The van der Waals surface area contributed by atoms with Crippen LogP contribution >= 0.6 is 0 Å². The molecular formula is C14H24N4O. The van der Waals surface area contributed by atoms with Gasteiger partial charge in [0.15, 0.2) is 0 Å². The third-order valence-electron chi connectivity index (χ3n) is 4.25. The van der Waals surface area contributed by atoms with E-state index in [1.807, 2.05) is 16.7 Å². The number of piperidine rings is 1. The van der Waals surface area contributed by atoms with E-state index in [4.69, 9.17) is 5.26 Å². The van der Waals surface area contributed by atoms with Gasteiger partial charge in [0.1, 0.15) is 0 Å². The van der Waals surface area contributed by atoms with E-state index in [1.54, 1.807) is 0 Å². The van der Waals surface area contributed by atoms with Gasteiger partial charge in [0.25, 0.3) is 0 Å². The number of carbonyl (C=O) groups is 1. The van der Waals surface area contributed by atoms with Crippen LogP contribution in [0.1, 0.15) is 26.7 Å². The topological polar surface area (TPSA) is 50.6 Å². The highest BCUT2D eigenvalue weighted by atomic mass is 16.2. The largest absolute Gasteiger partial charge is 0.324 e. The Kier molecular flexibility index (Phi) is 4.65. The average Bonchev–Trinajstić information content (AvgIpc) is 2.46. The number of urea groups is 1. The molecule has 2 rings (SSSR count). The van der Waals surface area contributed by atoms with Crippen LogP contribution in [0.5, 0.6) is 0 Å². The van der Waals surface area contributed by atoms with Crippen LogP contribution < -0.4 is 0 Å². The van der Waals surface area contributed by atoms with Crippen molar-refractivity contribution in [2.75, 3.05) is 39.3 Å². The summed E-state index contributed by atoms with van der Waals surface area (Å²) in [7, 11) is 0. The lowest BCUT2D eigenvalue weighted by atomic mass is 10.0. The van der Waals surface area contributed by atoms with Gasteiger partial charge in [-0.2, -0.15) is 5.26 Å². The maximum atomic E-state index is 12.4. The molecule has 0 N–H and O–H groups in total. The molecule has 2 atom stereocenters. The van der Waals surface area contributed by atoms with Gasteiger partial charge in [-0.15, -0.1) is 0 Å². The maximum Gasteiger partial charge on any atom is 0.320 e. The highest BCUT2D eigenvalue weighted by Crippen LogP contribution is 2.17. The summed E-state index contributed by atoms with van der Waals surface area (Å²) in [5.41, 5.74) is 0. The van der Waals surface area contributed by atoms with Gasteiger partial charge < -0.3 is 9.80 Å². The molecule has 106 valence electrons. The minimum atomic E-state index is -0.0488. The summed E-state index contributed by atoms with van der Waals surface area (Å²) in [5.74, 6) is 0.623. The van der Waals surface area contributed by atoms with Crippen molar-refractivity contribution < 1.29 is 4.79 Å². The van der Waals surface area contributed by atoms with E-state index in [1.165, 1.54) is 6.42 Å². The van der Waals surface area contributed by atoms with Crippen molar-refractivity contribution in [1.29, 1.82) is 5.26 Å². The van der Waals surface area contributed by atoms with Crippen molar-refractivity contribution in [1.82, 2.24) is 14.7 Å². The molecule has 0 aromatic rings. The van der Waals surface area contributed by atoms with Crippen LogP contribution in [0.3, 0.4) is 0 Å². The average molecular weight is 264 g/mol. The Labute approximate surface area is 115 Å². The Morgan fingerprint density at radius 1 is 1.21 bits per heavy atom. The summed E-state index contributed by atoms with van der Waals surface area (Å²) in [6, 6.07) is 2.40. The lowest BCUT2D eigenvalue weighted by molar-refractivity contribution is 0.0945. The Morgan fingerprint density at radius 2 is 1.89 bits per heavy atom. The molecule has 19 heavy (non-hydrogen) atoms. The summed E-state index contributed by atoms with van der Waals surface area (Å²) < 4.78 is 0. The predicted molar refractivity (Wildman–Crippen MR) is 73.6 cm³/mol. The molecule has 0 bridgehead atoms. The van der Waals surface area contributed by atoms with Gasteiger partial charge in [-0.1, -0.05) is 6.92 Å². The van der Waals surface area contributed by atoms with Crippen LogP contribution in [0, 0.1) is 17.2 Å². The molecule has 0 saturated carbocycles. The second kappa shape index (κ2) is 6.25. The smallest absolute Gasteiger partial charge is 0.320 e. The van der Waals surface area contributed by atoms with Crippen LogP contribution in [-0.2, 0) is 0 Å². The number of nitriles is 1. The molecule has 5 heteroatoms. The fourth-order valence-corrected chi connectivity index (χ4v) is 2.95. The molecule has 2 saturated heterocycles. The van der Waals surface area contributed by atoms with Crippen molar-refractivity contribution in [2.24, 2.45) is 5.92 Å². The summed E-state index contributed by atoms with van der Waals surface area (Å²) in [5, 5.41) is 8.91. The summed E-state index contributed by atoms with van der Waals surface area (Å²) in [6.07, 6.45) is 2.36. The van der Waals surface area contributed by atoms with Gasteiger partial charge in [0, 0.05) is 39.3 Å². The number of amides is 2. The summed E-state index contributed by atoms with van der Waals surface area (Å²) >= 11 is 0. The summed E-state index contributed by atoms with van der Waals surface area (Å²) in [6.45, 7) is 9.04. The Bertz CT molecular complexity index is 357. The molecule has 2 aliphatic rings. The first-order valence-corrected chi connectivity index (χ1v) is 7.29. The first kappa shape index (κ1) is 14.1. The fraction of sp³-hybridized carbons (Fsp3) is 0.857. The van der Waals surface area contributed by atoms with Crippen LogP contribution in [0.2, 0.25) is 0 Å². The first-order chi connectivity index (χ1) is 9.11. The van der Waals surface area contributed by atoms with E-state index in [0.29, 0.717) is 5.92 Å². The molecule has 0 aliphatic carbocycles. The number of rotatable bonds is 1. The zero-order valence-electron chi connectivity index (χ0n) is 12.0. The third kappa shape index (κ3) is 3.38. The van der Waals surface area contributed by atoms with E-state index in [-0.39, 0.29) is 12.1 Å². The highest BCUT2D eigenvalue weighted by molar-refractivity contribution is 5.74. The van der Waals surface area contributed by atoms with Gasteiger partial charge >= 0.3 is 6.03 Å². The molecule has 2 aliphatic heterocycles. The molecule has 0 aromatic carbocycles. The Hall–Kier alpha value is -1.28. The van der Waals surface area contributed by atoms with Crippen LogP contribution in [-0.4, -0.2) is 66.0 Å². The SMILES string of the molecule is CC1CCCN(C(=O)N2CCN(C(C)C#N)CC2)C1. The number of likely N-dealkylation sites (tertiary alicyclic amines) is 1. The zero-order chi connectivity index (χ0) is 13.8. The molecule has 2 unspecified atom stereocenters. The third-order valence-corrected chi connectivity index (χ3v) is 4.25. The van der Waals surface area contributed by atoms with Gasteiger partial charge in [-0.3, -0.25) is 4.90 Å². The molecule has 0 spiro atoms. The quantitative estimate of drug-likeness (QED) is 0.718. The molecule has 0 radical (unpaired) electrons. The van der Waals surface area contributed by atoms with Crippen molar-refractivity contribution >= 4 is 6.03 Å². The van der Waals surface area contributed by atoms with Gasteiger partial charge in [-0.05, 0) is 25.7 Å².